The highest BCUT2D eigenvalue weighted by atomic mass is 16.1. The van der Waals surface area contributed by atoms with E-state index in [2.05, 4.69) is 10.4 Å². The average molecular weight is 273 g/mol. The summed E-state index contributed by atoms with van der Waals surface area (Å²) in [5.41, 5.74) is 8.36. The zero-order valence-corrected chi connectivity index (χ0v) is 11.9. The van der Waals surface area contributed by atoms with Crippen LogP contribution in [0.4, 0.5) is 17.1 Å². The van der Waals surface area contributed by atoms with Crippen LogP contribution >= 0.6 is 0 Å². The third kappa shape index (κ3) is 2.90. The lowest BCUT2D eigenvalue weighted by Crippen LogP contribution is -2.18. The molecule has 0 bridgehead atoms. The maximum atomic E-state index is 12.4. The normalized spacial score (nSPS) is 10.3. The largest absolute Gasteiger partial charge is 0.399 e. The van der Waals surface area contributed by atoms with Crippen LogP contribution in [0.25, 0.3) is 0 Å². The first-order valence-electron chi connectivity index (χ1n) is 6.42. The van der Waals surface area contributed by atoms with E-state index in [0.717, 1.165) is 12.2 Å². The van der Waals surface area contributed by atoms with Gasteiger partial charge in [-0.15, -0.1) is 0 Å². The van der Waals surface area contributed by atoms with Gasteiger partial charge in [-0.3, -0.25) is 9.48 Å². The number of nitrogen functional groups attached to an aromatic ring is 1. The van der Waals surface area contributed by atoms with Gasteiger partial charge in [-0.25, -0.2) is 0 Å². The molecule has 0 aliphatic heterocycles. The predicted octanol–water partition coefficient (Wildman–Crippen LogP) is 1.80. The number of nitrogens with zero attached hydrogens (tertiary/aromatic N) is 3. The molecule has 20 heavy (non-hydrogen) atoms. The minimum absolute atomic E-state index is 0.198. The van der Waals surface area contributed by atoms with Crippen molar-refractivity contribution in [1.29, 1.82) is 0 Å². The molecular weight excluding hydrogens is 254 g/mol. The van der Waals surface area contributed by atoms with Gasteiger partial charge in [-0.2, -0.15) is 5.10 Å². The summed E-state index contributed by atoms with van der Waals surface area (Å²) >= 11 is 0. The lowest BCUT2D eigenvalue weighted by atomic mass is 10.1. The summed E-state index contributed by atoms with van der Waals surface area (Å²) in [5, 5.41) is 6.95. The van der Waals surface area contributed by atoms with Gasteiger partial charge in [-0.05, 0) is 25.1 Å². The average Bonchev–Trinajstić information content (AvgIpc) is 2.85. The van der Waals surface area contributed by atoms with Gasteiger partial charge < -0.3 is 16.0 Å². The van der Waals surface area contributed by atoms with E-state index >= 15 is 0 Å². The minimum Gasteiger partial charge on any atom is -0.399 e. The van der Waals surface area contributed by atoms with Crippen LogP contribution in [0.5, 0.6) is 0 Å². The number of benzene rings is 1. The van der Waals surface area contributed by atoms with Gasteiger partial charge in [0.15, 0.2) is 0 Å². The Labute approximate surface area is 118 Å². The van der Waals surface area contributed by atoms with Gasteiger partial charge >= 0.3 is 0 Å². The molecule has 6 nitrogen and oxygen atoms in total. The number of aromatic nitrogens is 2. The van der Waals surface area contributed by atoms with Crippen LogP contribution in [0.15, 0.2) is 30.6 Å². The smallest absolute Gasteiger partial charge is 0.257 e. The quantitative estimate of drug-likeness (QED) is 0.833. The van der Waals surface area contributed by atoms with Crippen LogP contribution < -0.4 is 16.0 Å². The Bertz CT molecular complexity index is 618. The molecule has 0 unspecified atom stereocenters. The van der Waals surface area contributed by atoms with Crippen LogP contribution in [-0.2, 0) is 6.54 Å². The standard InChI is InChI=1S/C14H19N5O/c1-4-19-9-11(8-16-19)17-14(20)12-7-10(15)5-6-13(12)18(2)3/h5-9H,4,15H2,1-3H3,(H,17,20). The van der Waals surface area contributed by atoms with E-state index < -0.39 is 0 Å². The van der Waals surface area contributed by atoms with Crippen LogP contribution in [-0.4, -0.2) is 29.8 Å². The summed E-state index contributed by atoms with van der Waals surface area (Å²) in [5.74, 6) is -0.198. The first-order chi connectivity index (χ1) is 9.51. The van der Waals surface area contributed by atoms with Gasteiger partial charge in [0.2, 0.25) is 0 Å². The number of nitrogens with one attached hydrogen (secondary N) is 1. The van der Waals surface area contributed by atoms with Crippen LogP contribution in [0.2, 0.25) is 0 Å². The van der Waals surface area contributed by atoms with Gasteiger partial charge in [0.25, 0.3) is 5.91 Å². The van der Waals surface area contributed by atoms with Crippen molar-refractivity contribution in [1.82, 2.24) is 9.78 Å². The lowest BCUT2D eigenvalue weighted by molar-refractivity contribution is 0.102. The molecule has 0 atom stereocenters. The van der Waals surface area contributed by atoms with Gasteiger partial charge in [0.1, 0.15) is 0 Å². The highest BCUT2D eigenvalue weighted by Crippen LogP contribution is 2.22. The second kappa shape index (κ2) is 5.64. The molecule has 0 aliphatic rings. The summed E-state index contributed by atoms with van der Waals surface area (Å²) < 4.78 is 1.75. The van der Waals surface area contributed by atoms with Crippen LogP contribution in [0, 0.1) is 0 Å². The summed E-state index contributed by atoms with van der Waals surface area (Å²) in [6.07, 6.45) is 3.42. The number of anilines is 3. The summed E-state index contributed by atoms with van der Waals surface area (Å²) in [7, 11) is 3.77. The fraction of sp³-hybridized carbons (Fsp3) is 0.286. The Morgan fingerprint density at radius 3 is 2.80 bits per heavy atom. The van der Waals surface area contributed by atoms with E-state index in [-0.39, 0.29) is 5.91 Å². The van der Waals surface area contributed by atoms with E-state index in [1.165, 1.54) is 0 Å². The Morgan fingerprint density at radius 1 is 1.45 bits per heavy atom. The van der Waals surface area contributed by atoms with Gasteiger partial charge in [0.05, 0.1) is 17.4 Å². The number of hydrogen-bond donors (Lipinski definition) is 2. The van der Waals surface area contributed by atoms with Crippen molar-refractivity contribution in [3.05, 3.63) is 36.2 Å². The molecule has 1 heterocycles. The van der Waals surface area contributed by atoms with Crippen molar-refractivity contribution in [2.24, 2.45) is 0 Å². The summed E-state index contributed by atoms with van der Waals surface area (Å²) in [6.45, 7) is 2.75. The van der Waals surface area contributed by atoms with E-state index in [0.29, 0.717) is 16.9 Å². The van der Waals surface area contributed by atoms with Gasteiger partial charge in [0, 0.05) is 38.2 Å². The Balaban J connectivity index is 2.26. The number of amides is 1. The molecule has 106 valence electrons. The van der Waals surface area contributed by atoms with Crippen molar-refractivity contribution in [2.75, 3.05) is 30.0 Å². The van der Waals surface area contributed by atoms with E-state index in [9.17, 15) is 4.79 Å². The molecule has 0 spiro atoms. The van der Waals surface area contributed by atoms with Crippen molar-refractivity contribution in [3.63, 3.8) is 0 Å². The monoisotopic (exact) mass is 273 g/mol. The number of rotatable bonds is 4. The van der Waals surface area contributed by atoms with Crippen LogP contribution in [0.3, 0.4) is 0 Å². The lowest BCUT2D eigenvalue weighted by Gasteiger charge is -2.17. The number of hydrogen-bond acceptors (Lipinski definition) is 4. The third-order valence-electron chi connectivity index (χ3n) is 2.96. The van der Waals surface area contributed by atoms with Gasteiger partial charge in [-0.1, -0.05) is 0 Å². The topological polar surface area (TPSA) is 76.2 Å². The fourth-order valence-electron chi connectivity index (χ4n) is 1.92. The predicted molar refractivity (Wildman–Crippen MR) is 81.0 cm³/mol. The Hall–Kier alpha value is -2.50. The third-order valence-corrected chi connectivity index (χ3v) is 2.96. The van der Waals surface area contributed by atoms with Crippen molar-refractivity contribution < 1.29 is 4.79 Å². The van der Waals surface area contributed by atoms with Crippen molar-refractivity contribution in [3.8, 4) is 0 Å². The molecule has 0 saturated heterocycles. The highest BCUT2D eigenvalue weighted by Gasteiger charge is 2.14. The molecule has 1 amide bonds. The Morgan fingerprint density at radius 2 is 2.20 bits per heavy atom. The molecule has 0 radical (unpaired) electrons. The summed E-state index contributed by atoms with van der Waals surface area (Å²) in [6, 6.07) is 5.29. The molecule has 0 fully saturated rings. The molecule has 3 N–H and O–H groups in total. The molecule has 0 aliphatic carbocycles. The molecule has 1 aromatic heterocycles. The molecule has 2 rings (SSSR count). The molecule has 6 heteroatoms. The van der Waals surface area contributed by atoms with Crippen molar-refractivity contribution >= 4 is 23.0 Å². The first-order valence-corrected chi connectivity index (χ1v) is 6.42. The molecule has 1 aromatic carbocycles. The number of carbonyl (C=O) groups excluding carboxylic acids is 1. The number of nitrogens with two attached hydrogens (primary N) is 1. The fourth-order valence-corrected chi connectivity index (χ4v) is 1.92. The second-order valence-electron chi connectivity index (χ2n) is 4.71. The minimum atomic E-state index is -0.198. The van der Waals surface area contributed by atoms with E-state index in [1.807, 2.05) is 32.0 Å². The highest BCUT2D eigenvalue weighted by molar-refractivity contribution is 6.08. The van der Waals surface area contributed by atoms with Crippen LogP contribution in [0.1, 0.15) is 17.3 Å². The maximum absolute atomic E-state index is 12.4. The number of aryl methyl sites for hydroxylation is 1. The summed E-state index contributed by atoms with van der Waals surface area (Å²) in [4.78, 5) is 14.2. The zero-order valence-electron chi connectivity index (χ0n) is 11.9. The van der Waals surface area contributed by atoms with E-state index in [4.69, 9.17) is 5.73 Å². The number of carbonyl (C=O) groups is 1. The first kappa shape index (κ1) is 13.9. The SMILES string of the molecule is CCn1cc(NC(=O)c2cc(N)ccc2N(C)C)cn1. The maximum Gasteiger partial charge on any atom is 0.257 e. The Kier molecular flexibility index (Phi) is 3.93. The van der Waals surface area contributed by atoms with E-state index in [1.54, 1.807) is 29.2 Å². The molecule has 0 saturated carbocycles. The molecular formula is C14H19N5O. The molecule has 2 aromatic rings. The van der Waals surface area contributed by atoms with Crippen molar-refractivity contribution in [2.45, 2.75) is 13.5 Å². The zero-order chi connectivity index (χ0) is 14.7. The second-order valence-corrected chi connectivity index (χ2v) is 4.71.